The number of hydrogen-bond acceptors (Lipinski definition) is 3. The first kappa shape index (κ1) is 10.6. The van der Waals surface area contributed by atoms with Gasteiger partial charge in [-0.05, 0) is 41.4 Å². The smallest absolute Gasteiger partial charge is 0.0710 e. The highest BCUT2D eigenvalue weighted by Gasteiger charge is 1.99. The Morgan fingerprint density at radius 3 is 2.92 bits per heavy atom. The van der Waals surface area contributed by atoms with Crippen molar-refractivity contribution in [3.8, 4) is 0 Å². The van der Waals surface area contributed by atoms with E-state index in [0.29, 0.717) is 6.04 Å². The number of rotatable bonds is 4. The number of hydrogen-bond donors (Lipinski definition) is 1. The predicted molar refractivity (Wildman–Crippen MR) is 61.0 cm³/mol. The maximum Gasteiger partial charge on any atom is 0.0710 e. The first-order chi connectivity index (χ1) is 5.68. The van der Waals surface area contributed by atoms with Gasteiger partial charge in [-0.2, -0.15) is 0 Å². The van der Waals surface area contributed by atoms with Crippen LogP contribution in [0.2, 0.25) is 0 Å². The van der Waals surface area contributed by atoms with E-state index in [2.05, 4.69) is 28.1 Å². The Kier molecular flexibility index (Phi) is 4.64. The molecule has 1 atom stereocenters. The summed E-state index contributed by atoms with van der Waals surface area (Å²) in [4.78, 5) is 0. The highest BCUT2D eigenvalue weighted by atomic mass is 79.9. The normalized spacial score (nSPS) is 13.2. The van der Waals surface area contributed by atoms with Crippen LogP contribution in [0.4, 0.5) is 0 Å². The zero-order chi connectivity index (χ0) is 8.97. The van der Waals surface area contributed by atoms with Crippen LogP contribution in [0.1, 0.15) is 13.3 Å². The van der Waals surface area contributed by atoms with Crippen molar-refractivity contribution in [3.05, 3.63) is 15.9 Å². The summed E-state index contributed by atoms with van der Waals surface area (Å²) in [5, 5.41) is 0. The van der Waals surface area contributed by atoms with Crippen molar-refractivity contribution in [2.75, 3.05) is 5.75 Å². The van der Waals surface area contributed by atoms with Crippen molar-refractivity contribution >= 4 is 39.0 Å². The summed E-state index contributed by atoms with van der Waals surface area (Å²) in [7, 11) is 0. The van der Waals surface area contributed by atoms with Crippen molar-refractivity contribution in [1.82, 2.24) is 0 Å². The minimum atomic E-state index is 0.320. The number of thiophene rings is 1. The zero-order valence-electron chi connectivity index (χ0n) is 6.92. The van der Waals surface area contributed by atoms with E-state index >= 15 is 0 Å². The molecule has 0 fully saturated rings. The van der Waals surface area contributed by atoms with E-state index in [-0.39, 0.29) is 0 Å². The van der Waals surface area contributed by atoms with Gasteiger partial charge in [-0.25, -0.2) is 0 Å². The molecule has 1 aromatic rings. The van der Waals surface area contributed by atoms with E-state index in [1.54, 1.807) is 11.3 Å². The Morgan fingerprint density at radius 2 is 2.42 bits per heavy atom. The van der Waals surface area contributed by atoms with Crippen molar-refractivity contribution < 1.29 is 0 Å². The lowest BCUT2D eigenvalue weighted by Crippen LogP contribution is -2.15. The Bertz CT molecular complexity index is 235. The summed E-state index contributed by atoms with van der Waals surface area (Å²) in [5.41, 5.74) is 5.64. The molecular weight excluding hydrogens is 254 g/mol. The van der Waals surface area contributed by atoms with Gasteiger partial charge in [0.1, 0.15) is 0 Å². The van der Waals surface area contributed by atoms with Gasteiger partial charge in [-0.3, -0.25) is 0 Å². The third-order valence-corrected chi connectivity index (χ3v) is 4.25. The molecule has 2 N–H and O–H groups in total. The second-order valence-electron chi connectivity index (χ2n) is 2.67. The van der Waals surface area contributed by atoms with E-state index in [9.17, 15) is 0 Å². The largest absolute Gasteiger partial charge is 0.328 e. The van der Waals surface area contributed by atoms with Crippen LogP contribution >= 0.6 is 39.0 Å². The molecule has 0 saturated carbocycles. The summed E-state index contributed by atoms with van der Waals surface area (Å²) in [6, 6.07) is 4.54. The van der Waals surface area contributed by atoms with Gasteiger partial charge in [0.2, 0.25) is 0 Å². The third kappa shape index (κ3) is 3.94. The first-order valence-corrected chi connectivity index (χ1v) is 6.41. The predicted octanol–water partition coefficient (Wildman–Crippen LogP) is 3.34. The molecular formula is C8H12BrNS2. The van der Waals surface area contributed by atoms with Gasteiger partial charge < -0.3 is 5.73 Å². The number of nitrogens with two attached hydrogens (primary N) is 1. The lowest BCUT2D eigenvalue weighted by molar-refractivity contribution is 0.721. The van der Waals surface area contributed by atoms with Crippen LogP contribution < -0.4 is 5.73 Å². The second-order valence-corrected chi connectivity index (χ2v) is 6.53. The van der Waals surface area contributed by atoms with E-state index < -0.39 is 0 Å². The fourth-order valence-corrected chi connectivity index (χ4v) is 3.77. The van der Waals surface area contributed by atoms with Crippen LogP contribution in [0.15, 0.2) is 20.1 Å². The average Bonchev–Trinajstić information content (AvgIpc) is 2.35. The van der Waals surface area contributed by atoms with Gasteiger partial charge in [0.25, 0.3) is 0 Å². The Labute approximate surface area is 89.9 Å². The summed E-state index contributed by atoms with van der Waals surface area (Å²) in [5.74, 6) is 1.12. The molecule has 4 heteroatoms. The summed E-state index contributed by atoms with van der Waals surface area (Å²) < 4.78 is 2.56. The molecule has 0 saturated heterocycles. The molecule has 0 spiro atoms. The Morgan fingerprint density at radius 1 is 1.67 bits per heavy atom. The molecule has 0 aliphatic heterocycles. The molecule has 0 aliphatic rings. The van der Waals surface area contributed by atoms with E-state index in [0.717, 1.165) is 12.2 Å². The molecule has 1 rings (SSSR count). The molecule has 0 amide bonds. The number of halogens is 1. The minimum Gasteiger partial charge on any atom is -0.328 e. The first-order valence-electron chi connectivity index (χ1n) is 3.82. The summed E-state index contributed by atoms with van der Waals surface area (Å²) >= 11 is 7.09. The van der Waals surface area contributed by atoms with Gasteiger partial charge in [0.15, 0.2) is 0 Å². The van der Waals surface area contributed by atoms with Gasteiger partial charge in [0, 0.05) is 11.8 Å². The van der Waals surface area contributed by atoms with Crippen LogP contribution in [0.25, 0.3) is 0 Å². The van der Waals surface area contributed by atoms with Gasteiger partial charge >= 0.3 is 0 Å². The summed E-state index contributed by atoms with van der Waals surface area (Å²) in [6.07, 6.45) is 1.08. The van der Waals surface area contributed by atoms with Crippen LogP contribution in [0.3, 0.4) is 0 Å². The topological polar surface area (TPSA) is 26.0 Å². The molecule has 1 aromatic heterocycles. The molecule has 12 heavy (non-hydrogen) atoms. The Balaban J connectivity index is 2.24. The number of thioether (sulfide) groups is 1. The monoisotopic (exact) mass is 265 g/mol. The highest BCUT2D eigenvalue weighted by molar-refractivity contribution is 9.11. The quantitative estimate of drug-likeness (QED) is 0.846. The lowest BCUT2D eigenvalue weighted by atomic mass is 10.3. The third-order valence-electron chi connectivity index (χ3n) is 1.37. The van der Waals surface area contributed by atoms with E-state index in [1.807, 2.05) is 18.7 Å². The standard InChI is InChI=1S/C8H12BrNS2/c1-6(10)4-5-11-8-3-2-7(9)12-8/h2-3,6H,4-5,10H2,1H3. The molecule has 68 valence electrons. The van der Waals surface area contributed by atoms with Crippen molar-refractivity contribution in [2.45, 2.75) is 23.6 Å². The zero-order valence-corrected chi connectivity index (χ0v) is 10.1. The van der Waals surface area contributed by atoms with Gasteiger partial charge in [-0.15, -0.1) is 23.1 Å². The van der Waals surface area contributed by atoms with Crippen molar-refractivity contribution in [2.24, 2.45) is 5.73 Å². The van der Waals surface area contributed by atoms with Crippen molar-refractivity contribution in [1.29, 1.82) is 0 Å². The molecule has 0 aromatic carbocycles. The maximum atomic E-state index is 5.64. The SMILES string of the molecule is CC(N)CCSc1ccc(Br)s1. The highest BCUT2D eigenvalue weighted by Crippen LogP contribution is 2.30. The minimum absolute atomic E-state index is 0.320. The molecule has 0 aliphatic carbocycles. The fourth-order valence-electron chi connectivity index (χ4n) is 0.721. The van der Waals surface area contributed by atoms with E-state index in [4.69, 9.17) is 5.73 Å². The van der Waals surface area contributed by atoms with Crippen LogP contribution in [0.5, 0.6) is 0 Å². The van der Waals surface area contributed by atoms with Gasteiger partial charge in [-0.1, -0.05) is 0 Å². The van der Waals surface area contributed by atoms with Crippen molar-refractivity contribution in [3.63, 3.8) is 0 Å². The lowest BCUT2D eigenvalue weighted by Gasteiger charge is -2.01. The van der Waals surface area contributed by atoms with Gasteiger partial charge in [0.05, 0.1) is 8.00 Å². The molecule has 1 unspecified atom stereocenters. The molecule has 1 heterocycles. The average molecular weight is 266 g/mol. The van der Waals surface area contributed by atoms with Crippen LogP contribution in [0, 0.1) is 0 Å². The summed E-state index contributed by atoms with van der Waals surface area (Å²) in [6.45, 7) is 2.05. The Hall–Kier alpha value is 0.490. The van der Waals surface area contributed by atoms with Crippen LogP contribution in [-0.4, -0.2) is 11.8 Å². The van der Waals surface area contributed by atoms with Crippen LogP contribution in [-0.2, 0) is 0 Å². The molecule has 0 bridgehead atoms. The molecule has 1 nitrogen and oxygen atoms in total. The fraction of sp³-hybridized carbons (Fsp3) is 0.500. The van der Waals surface area contributed by atoms with E-state index in [1.165, 1.54) is 8.00 Å². The maximum absolute atomic E-state index is 5.64. The second kappa shape index (κ2) is 5.27. The molecule has 0 radical (unpaired) electrons.